The summed E-state index contributed by atoms with van der Waals surface area (Å²) >= 11 is 0. The molecule has 1 aromatic rings. The molecule has 0 bridgehead atoms. The van der Waals surface area contributed by atoms with Gasteiger partial charge in [-0.3, -0.25) is 0 Å². The molecule has 0 aromatic heterocycles. The third-order valence-electron chi connectivity index (χ3n) is 1.60. The van der Waals surface area contributed by atoms with Crippen LogP contribution in [-0.4, -0.2) is 6.54 Å². The van der Waals surface area contributed by atoms with Gasteiger partial charge in [0.25, 0.3) is 0 Å². The number of hydrogen-bond acceptors (Lipinski definition) is 2. The molecule has 2 nitrogen and oxygen atoms in total. The number of anilines is 1. The Morgan fingerprint density at radius 1 is 1.46 bits per heavy atom. The Hall–Kier alpha value is -1.93. The summed E-state index contributed by atoms with van der Waals surface area (Å²) < 4.78 is 0. The van der Waals surface area contributed by atoms with Crippen LogP contribution in [0.3, 0.4) is 0 Å². The predicted molar refractivity (Wildman–Crippen MR) is 53.1 cm³/mol. The summed E-state index contributed by atoms with van der Waals surface area (Å²) in [6, 6.07) is 9.79. The Bertz CT molecular complexity index is 355. The van der Waals surface area contributed by atoms with Crippen LogP contribution in [0.2, 0.25) is 0 Å². The molecule has 1 N–H and O–H groups in total. The van der Waals surface area contributed by atoms with Crippen molar-refractivity contribution in [2.24, 2.45) is 0 Å². The Kier molecular flexibility index (Phi) is 3.42. The number of benzene rings is 1. The van der Waals surface area contributed by atoms with E-state index in [0.29, 0.717) is 13.0 Å². The highest BCUT2D eigenvalue weighted by Crippen LogP contribution is 2.10. The molecular weight excluding hydrogens is 160 g/mol. The fourth-order valence-electron chi connectivity index (χ4n) is 1.04. The summed E-state index contributed by atoms with van der Waals surface area (Å²) in [4.78, 5) is 0. The van der Waals surface area contributed by atoms with Gasteiger partial charge >= 0.3 is 0 Å². The first kappa shape index (κ1) is 9.16. The van der Waals surface area contributed by atoms with E-state index in [-0.39, 0.29) is 0 Å². The van der Waals surface area contributed by atoms with Crippen molar-refractivity contribution >= 4 is 5.69 Å². The molecular formula is C11H10N2. The molecule has 1 rings (SSSR count). The van der Waals surface area contributed by atoms with Gasteiger partial charge in [0.2, 0.25) is 0 Å². The minimum absolute atomic E-state index is 0.436. The smallest absolute Gasteiger partial charge is 0.0763 e. The van der Waals surface area contributed by atoms with Crippen molar-refractivity contribution in [2.75, 3.05) is 11.9 Å². The van der Waals surface area contributed by atoms with Crippen LogP contribution in [0.1, 0.15) is 5.56 Å². The summed E-state index contributed by atoms with van der Waals surface area (Å²) in [7, 11) is 0. The fourth-order valence-corrected chi connectivity index (χ4v) is 1.04. The van der Waals surface area contributed by atoms with Crippen molar-refractivity contribution in [3.05, 3.63) is 29.8 Å². The lowest BCUT2D eigenvalue weighted by atomic mass is 10.1. The van der Waals surface area contributed by atoms with Crippen LogP contribution in [0, 0.1) is 23.7 Å². The van der Waals surface area contributed by atoms with Crippen molar-refractivity contribution in [2.45, 2.75) is 6.42 Å². The second-order valence-corrected chi connectivity index (χ2v) is 2.59. The quantitative estimate of drug-likeness (QED) is 0.702. The first-order valence-electron chi connectivity index (χ1n) is 4.00. The number of rotatable bonds is 3. The summed E-state index contributed by atoms with van der Waals surface area (Å²) in [5.41, 5.74) is 1.97. The maximum absolute atomic E-state index is 8.48. The van der Waals surface area contributed by atoms with Crippen LogP contribution in [-0.2, 0) is 6.42 Å². The Morgan fingerprint density at radius 3 is 3.00 bits per heavy atom. The predicted octanol–water partition coefficient (Wildman–Crippen LogP) is 1.80. The highest BCUT2D eigenvalue weighted by Gasteiger charge is 1.93. The molecule has 2 heteroatoms. The molecule has 0 saturated heterocycles. The van der Waals surface area contributed by atoms with E-state index in [1.54, 1.807) is 0 Å². The van der Waals surface area contributed by atoms with Gasteiger partial charge in [-0.25, -0.2) is 0 Å². The number of terminal acetylenes is 1. The summed E-state index contributed by atoms with van der Waals surface area (Å²) in [5, 5.41) is 11.5. The summed E-state index contributed by atoms with van der Waals surface area (Å²) in [6.45, 7) is 0.510. The van der Waals surface area contributed by atoms with Gasteiger partial charge in [0, 0.05) is 5.69 Å². The van der Waals surface area contributed by atoms with Gasteiger partial charge in [0.15, 0.2) is 0 Å². The molecule has 0 saturated carbocycles. The summed E-state index contributed by atoms with van der Waals surface area (Å²) in [5.74, 6) is 2.49. The van der Waals surface area contributed by atoms with Gasteiger partial charge in [-0.1, -0.05) is 18.1 Å². The zero-order valence-corrected chi connectivity index (χ0v) is 7.25. The normalized spacial score (nSPS) is 8.46. The monoisotopic (exact) mass is 170 g/mol. The van der Waals surface area contributed by atoms with Crippen LogP contribution in [0.25, 0.3) is 0 Å². The van der Waals surface area contributed by atoms with Crippen molar-refractivity contribution in [1.29, 1.82) is 5.26 Å². The first-order valence-corrected chi connectivity index (χ1v) is 4.00. The number of nitrogens with zero attached hydrogens (tertiary/aromatic N) is 1. The van der Waals surface area contributed by atoms with Gasteiger partial charge in [-0.05, 0) is 17.7 Å². The van der Waals surface area contributed by atoms with E-state index in [0.717, 1.165) is 11.3 Å². The molecule has 0 radical (unpaired) electrons. The molecule has 13 heavy (non-hydrogen) atoms. The fraction of sp³-hybridized carbons (Fsp3) is 0.182. The molecule has 0 amide bonds. The third-order valence-corrected chi connectivity index (χ3v) is 1.60. The molecule has 0 fully saturated rings. The van der Waals surface area contributed by atoms with Crippen molar-refractivity contribution in [3.8, 4) is 18.4 Å². The molecule has 0 spiro atoms. The molecule has 0 aliphatic heterocycles. The van der Waals surface area contributed by atoms with E-state index in [1.807, 2.05) is 24.3 Å². The van der Waals surface area contributed by atoms with Gasteiger partial charge in [0.1, 0.15) is 0 Å². The second-order valence-electron chi connectivity index (χ2n) is 2.59. The standard InChI is InChI=1S/C11H10N2/c1-2-8-13-11-5-3-4-10(9-11)6-7-12/h1,3-5,9,13H,6,8H2. The van der Waals surface area contributed by atoms with Gasteiger partial charge in [-0.2, -0.15) is 5.26 Å². The lowest BCUT2D eigenvalue weighted by Gasteiger charge is -2.02. The van der Waals surface area contributed by atoms with Crippen LogP contribution in [0.15, 0.2) is 24.3 Å². The highest BCUT2D eigenvalue weighted by atomic mass is 14.8. The molecule has 0 heterocycles. The first-order chi connectivity index (χ1) is 6.36. The van der Waals surface area contributed by atoms with E-state index < -0.39 is 0 Å². The SMILES string of the molecule is C#CCNc1cccc(CC#N)c1. The molecule has 0 atom stereocenters. The molecule has 64 valence electrons. The van der Waals surface area contributed by atoms with Crippen molar-refractivity contribution in [3.63, 3.8) is 0 Å². The zero-order valence-electron chi connectivity index (χ0n) is 7.25. The van der Waals surface area contributed by atoms with Gasteiger partial charge in [-0.15, -0.1) is 6.42 Å². The average molecular weight is 170 g/mol. The van der Waals surface area contributed by atoms with Crippen LogP contribution >= 0.6 is 0 Å². The van der Waals surface area contributed by atoms with Crippen molar-refractivity contribution in [1.82, 2.24) is 0 Å². The largest absolute Gasteiger partial charge is 0.374 e. The van der Waals surface area contributed by atoms with Crippen LogP contribution in [0.4, 0.5) is 5.69 Å². The topological polar surface area (TPSA) is 35.8 Å². The molecule has 0 aliphatic rings. The van der Waals surface area contributed by atoms with E-state index >= 15 is 0 Å². The van der Waals surface area contributed by atoms with E-state index in [9.17, 15) is 0 Å². The third kappa shape index (κ3) is 2.89. The Labute approximate surface area is 78.2 Å². The number of nitriles is 1. The lowest BCUT2D eigenvalue weighted by molar-refractivity contribution is 1.25. The maximum Gasteiger partial charge on any atom is 0.0763 e. The number of hydrogen-bond donors (Lipinski definition) is 1. The average Bonchev–Trinajstić information content (AvgIpc) is 2.16. The Balaban J connectivity index is 2.70. The Morgan fingerprint density at radius 2 is 2.31 bits per heavy atom. The second kappa shape index (κ2) is 4.85. The molecule has 1 aromatic carbocycles. The minimum Gasteiger partial charge on any atom is -0.374 e. The van der Waals surface area contributed by atoms with Crippen LogP contribution < -0.4 is 5.32 Å². The van der Waals surface area contributed by atoms with Crippen LogP contribution in [0.5, 0.6) is 0 Å². The van der Waals surface area contributed by atoms with E-state index in [1.165, 1.54) is 0 Å². The summed E-state index contributed by atoms with van der Waals surface area (Å²) in [6.07, 6.45) is 5.54. The van der Waals surface area contributed by atoms with E-state index in [4.69, 9.17) is 11.7 Å². The van der Waals surface area contributed by atoms with Crippen molar-refractivity contribution < 1.29 is 0 Å². The highest BCUT2D eigenvalue weighted by molar-refractivity contribution is 5.46. The molecule has 0 aliphatic carbocycles. The van der Waals surface area contributed by atoms with Gasteiger partial charge in [0.05, 0.1) is 19.0 Å². The molecule has 0 unspecified atom stereocenters. The zero-order chi connectivity index (χ0) is 9.52. The minimum atomic E-state index is 0.436. The number of nitrogens with one attached hydrogen (secondary N) is 1. The lowest BCUT2D eigenvalue weighted by Crippen LogP contribution is -1.98. The maximum atomic E-state index is 8.48. The van der Waals surface area contributed by atoms with E-state index in [2.05, 4.69) is 17.3 Å². The van der Waals surface area contributed by atoms with Gasteiger partial charge < -0.3 is 5.32 Å².